The van der Waals surface area contributed by atoms with Gasteiger partial charge in [0.05, 0.1) is 11.6 Å². The molecule has 1 atom stereocenters. The first-order chi connectivity index (χ1) is 7.10. The fourth-order valence-corrected chi connectivity index (χ4v) is 2.43. The van der Waals surface area contributed by atoms with E-state index < -0.39 is 0 Å². The maximum atomic E-state index is 5.93. The maximum absolute atomic E-state index is 5.93. The Kier molecular flexibility index (Phi) is 4.90. The average molecular weight is 293 g/mol. The molecule has 1 rings (SSSR count). The number of nitrogens with zero attached hydrogens (tertiary/aromatic N) is 1. The Bertz CT molecular complexity index is 330. The van der Waals surface area contributed by atoms with Crippen molar-refractivity contribution >= 4 is 27.5 Å². The van der Waals surface area contributed by atoms with Gasteiger partial charge in [0, 0.05) is 11.9 Å². The van der Waals surface area contributed by atoms with Gasteiger partial charge in [0.15, 0.2) is 0 Å². The first-order valence-corrected chi connectivity index (χ1v) is 5.98. The lowest BCUT2D eigenvalue weighted by Crippen LogP contribution is -2.21. The second-order valence-electron chi connectivity index (χ2n) is 3.53. The van der Waals surface area contributed by atoms with Crippen molar-refractivity contribution < 1.29 is 4.74 Å². The van der Waals surface area contributed by atoms with Gasteiger partial charge in [-0.3, -0.25) is 0 Å². The smallest absolute Gasteiger partial charge is 0.133 e. The molecule has 2 nitrogen and oxygen atoms in total. The topological polar surface area (TPSA) is 12.5 Å². The van der Waals surface area contributed by atoms with Gasteiger partial charge in [-0.1, -0.05) is 6.07 Å². The predicted octanol–water partition coefficient (Wildman–Crippen LogP) is 3.30. The average Bonchev–Trinajstić information content (AvgIpc) is 2.18. The Morgan fingerprint density at radius 2 is 2.13 bits per heavy atom. The maximum Gasteiger partial charge on any atom is 0.133 e. The fraction of sp³-hybridized carbons (Fsp3) is 0.455. The van der Waals surface area contributed by atoms with Crippen molar-refractivity contribution in [3.8, 4) is 5.75 Å². The lowest BCUT2D eigenvalue weighted by Gasteiger charge is -2.22. The van der Waals surface area contributed by atoms with E-state index in [9.17, 15) is 0 Å². The third-order valence-electron chi connectivity index (χ3n) is 2.33. The second kappa shape index (κ2) is 5.73. The molecular formula is C11H15BrClNO. The van der Waals surface area contributed by atoms with Crippen LogP contribution in [0, 0.1) is 0 Å². The molecule has 0 spiro atoms. The quantitative estimate of drug-likeness (QED) is 0.790. The normalized spacial score (nSPS) is 12.9. The van der Waals surface area contributed by atoms with E-state index in [1.807, 2.05) is 32.3 Å². The number of methoxy groups -OCH3 is 1. The molecule has 0 N–H and O–H groups in total. The highest BCUT2D eigenvalue weighted by molar-refractivity contribution is 9.10. The molecule has 1 unspecified atom stereocenters. The third-order valence-corrected chi connectivity index (χ3v) is 3.24. The molecular weight excluding hydrogens is 277 g/mol. The monoisotopic (exact) mass is 291 g/mol. The molecule has 0 aliphatic rings. The first kappa shape index (κ1) is 12.8. The number of alkyl halides is 1. The Morgan fingerprint density at radius 3 is 2.53 bits per heavy atom. The van der Waals surface area contributed by atoms with Crippen LogP contribution in [0.1, 0.15) is 11.6 Å². The van der Waals surface area contributed by atoms with E-state index in [1.54, 1.807) is 7.11 Å². The van der Waals surface area contributed by atoms with Gasteiger partial charge < -0.3 is 9.64 Å². The molecule has 0 aliphatic heterocycles. The molecule has 84 valence electrons. The van der Waals surface area contributed by atoms with Gasteiger partial charge in [0.2, 0.25) is 0 Å². The van der Waals surface area contributed by atoms with Crippen LogP contribution in [-0.4, -0.2) is 32.0 Å². The molecule has 0 aliphatic carbocycles. The van der Waals surface area contributed by atoms with E-state index in [-0.39, 0.29) is 6.04 Å². The second-order valence-corrected chi connectivity index (χ2v) is 4.69. The predicted molar refractivity (Wildman–Crippen MR) is 67.8 cm³/mol. The van der Waals surface area contributed by atoms with E-state index in [2.05, 4.69) is 20.8 Å². The van der Waals surface area contributed by atoms with Crippen LogP contribution in [0.25, 0.3) is 0 Å². The van der Waals surface area contributed by atoms with Crippen molar-refractivity contribution in [3.63, 3.8) is 0 Å². The van der Waals surface area contributed by atoms with Gasteiger partial charge in [-0.25, -0.2) is 0 Å². The SMILES string of the molecule is COc1ccc(C(CCl)N(C)C)cc1Br. The minimum atomic E-state index is 0.230. The summed E-state index contributed by atoms with van der Waals surface area (Å²) in [7, 11) is 5.70. The minimum absolute atomic E-state index is 0.230. The summed E-state index contributed by atoms with van der Waals surface area (Å²) in [5, 5.41) is 0. The molecule has 4 heteroatoms. The van der Waals surface area contributed by atoms with E-state index in [0.717, 1.165) is 10.2 Å². The van der Waals surface area contributed by atoms with E-state index >= 15 is 0 Å². The summed E-state index contributed by atoms with van der Waals surface area (Å²) in [4.78, 5) is 2.10. The van der Waals surface area contributed by atoms with Crippen LogP contribution in [0.4, 0.5) is 0 Å². The number of rotatable bonds is 4. The van der Waals surface area contributed by atoms with E-state index in [1.165, 1.54) is 5.56 Å². The standard InChI is InChI=1S/C11H15BrClNO/c1-14(2)10(7-13)8-4-5-11(15-3)9(12)6-8/h4-6,10H,7H2,1-3H3. The molecule has 1 aromatic rings. The van der Waals surface area contributed by atoms with Crippen LogP contribution >= 0.6 is 27.5 Å². The molecule has 0 fully saturated rings. The summed E-state index contributed by atoms with van der Waals surface area (Å²) >= 11 is 9.40. The largest absolute Gasteiger partial charge is 0.496 e. The zero-order valence-corrected chi connectivity index (χ0v) is 11.5. The van der Waals surface area contributed by atoms with E-state index in [0.29, 0.717) is 5.88 Å². The molecule has 0 radical (unpaired) electrons. The first-order valence-electron chi connectivity index (χ1n) is 4.66. The summed E-state index contributed by atoms with van der Waals surface area (Å²) in [6, 6.07) is 6.26. The van der Waals surface area contributed by atoms with Crippen molar-refractivity contribution in [2.75, 3.05) is 27.1 Å². The summed E-state index contributed by atoms with van der Waals surface area (Å²) in [5.41, 5.74) is 1.18. The Balaban J connectivity index is 3.00. The summed E-state index contributed by atoms with van der Waals surface area (Å²) in [6.45, 7) is 0. The van der Waals surface area contributed by atoms with Crippen molar-refractivity contribution in [2.24, 2.45) is 0 Å². The lowest BCUT2D eigenvalue weighted by molar-refractivity contribution is 0.324. The summed E-state index contributed by atoms with van der Waals surface area (Å²) in [6.07, 6.45) is 0. The van der Waals surface area contributed by atoms with Crippen LogP contribution in [0.15, 0.2) is 22.7 Å². The number of halogens is 2. The van der Waals surface area contributed by atoms with Gasteiger partial charge in [0.25, 0.3) is 0 Å². The Labute approximate surface area is 104 Å². The molecule has 15 heavy (non-hydrogen) atoms. The van der Waals surface area contributed by atoms with Gasteiger partial charge in [-0.15, -0.1) is 11.6 Å². The van der Waals surface area contributed by atoms with Gasteiger partial charge in [-0.2, -0.15) is 0 Å². The molecule has 0 saturated carbocycles. The van der Waals surface area contributed by atoms with Crippen LogP contribution in [0.5, 0.6) is 5.75 Å². The van der Waals surface area contributed by atoms with Gasteiger partial charge in [0.1, 0.15) is 5.75 Å². The molecule has 0 saturated heterocycles. The highest BCUT2D eigenvalue weighted by atomic mass is 79.9. The molecule has 1 aromatic carbocycles. The van der Waals surface area contributed by atoms with Crippen LogP contribution in [-0.2, 0) is 0 Å². The summed E-state index contributed by atoms with van der Waals surface area (Å²) in [5.74, 6) is 1.41. The zero-order chi connectivity index (χ0) is 11.4. The molecule has 0 bridgehead atoms. The Morgan fingerprint density at radius 1 is 1.47 bits per heavy atom. The summed E-state index contributed by atoms with van der Waals surface area (Å²) < 4.78 is 6.14. The van der Waals surface area contributed by atoms with Gasteiger partial charge >= 0.3 is 0 Å². The molecule has 0 aromatic heterocycles. The highest BCUT2D eigenvalue weighted by Gasteiger charge is 2.13. The van der Waals surface area contributed by atoms with Crippen LogP contribution in [0.3, 0.4) is 0 Å². The van der Waals surface area contributed by atoms with Gasteiger partial charge in [-0.05, 0) is 47.7 Å². The van der Waals surface area contributed by atoms with Crippen LogP contribution < -0.4 is 4.74 Å². The highest BCUT2D eigenvalue weighted by Crippen LogP contribution is 2.29. The fourth-order valence-electron chi connectivity index (χ4n) is 1.42. The number of hydrogen-bond acceptors (Lipinski definition) is 2. The zero-order valence-electron chi connectivity index (χ0n) is 9.13. The number of benzene rings is 1. The third kappa shape index (κ3) is 3.10. The Hall–Kier alpha value is -0.250. The number of hydrogen-bond donors (Lipinski definition) is 0. The van der Waals surface area contributed by atoms with Crippen molar-refractivity contribution in [3.05, 3.63) is 28.2 Å². The molecule has 0 amide bonds. The van der Waals surface area contributed by atoms with E-state index in [4.69, 9.17) is 16.3 Å². The van der Waals surface area contributed by atoms with Crippen molar-refractivity contribution in [1.29, 1.82) is 0 Å². The molecule has 0 heterocycles. The minimum Gasteiger partial charge on any atom is -0.496 e. The van der Waals surface area contributed by atoms with Crippen molar-refractivity contribution in [1.82, 2.24) is 4.90 Å². The van der Waals surface area contributed by atoms with Crippen LogP contribution in [0.2, 0.25) is 0 Å². The lowest BCUT2D eigenvalue weighted by atomic mass is 10.1. The number of ether oxygens (including phenoxy) is 1. The van der Waals surface area contributed by atoms with Crippen molar-refractivity contribution in [2.45, 2.75) is 6.04 Å².